The van der Waals surface area contributed by atoms with Crippen molar-refractivity contribution in [3.63, 3.8) is 0 Å². The highest BCUT2D eigenvalue weighted by Crippen LogP contribution is 2.44. The number of aryl methyl sites for hydroxylation is 1. The molecule has 0 spiro atoms. The highest BCUT2D eigenvalue weighted by atomic mass is 16.2. The van der Waals surface area contributed by atoms with Crippen LogP contribution in [-0.4, -0.2) is 22.4 Å². The van der Waals surface area contributed by atoms with Crippen LogP contribution in [0.25, 0.3) is 11.0 Å². The first-order valence-corrected chi connectivity index (χ1v) is 6.78. The standard InChI is InChI=1S/C15H16N4O/c1-10-18-12-3-2-11(8-13(12)19-10)4-7-17-14(20)15(9-16)5-6-15/h2-3,8H,4-7H2,1H3,(H,17,20)(H,18,19). The van der Waals surface area contributed by atoms with Crippen LogP contribution in [0.2, 0.25) is 0 Å². The van der Waals surface area contributed by atoms with Crippen molar-refractivity contribution in [2.75, 3.05) is 6.54 Å². The van der Waals surface area contributed by atoms with E-state index in [9.17, 15) is 4.79 Å². The normalized spacial score (nSPS) is 15.8. The fourth-order valence-electron chi connectivity index (χ4n) is 2.34. The molecule has 20 heavy (non-hydrogen) atoms. The van der Waals surface area contributed by atoms with Crippen LogP contribution >= 0.6 is 0 Å². The summed E-state index contributed by atoms with van der Waals surface area (Å²) in [5, 5.41) is 11.8. The van der Waals surface area contributed by atoms with Gasteiger partial charge in [0.15, 0.2) is 0 Å². The monoisotopic (exact) mass is 268 g/mol. The largest absolute Gasteiger partial charge is 0.354 e. The first kappa shape index (κ1) is 12.7. The van der Waals surface area contributed by atoms with Gasteiger partial charge in [0.1, 0.15) is 11.2 Å². The third kappa shape index (κ3) is 2.25. The fourth-order valence-corrected chi connectivity index (χ4v) is 2.34. The minimum absolute atomic E-state index is 0.126. The molecule has 5 nitrogen and oxygen atoms in total. The van der Waals surface area contributed by atoms with Gasteiger partial charge in [0.2, 0.25) is 5.91 Å². The smallest absolute Gasteiger partial charge is 0.240 e. The van der Waals surface area contributed by atoms with Crippen LogP contribution in [-0.2, 0) is 11.2 Å². The molecule has 5 heteroatoms. The van der Waals surface area contributed by atoms with Crippen LogP contribution in [0.4, 0.5) is 0 Å². The van der Waals surface area contributed by atoms with Gasteiger partial charge in [0.05, 0.1) is 17.1 Å². The number of hydrogen-bond acceptors (Lipinski definition) is 3. The van der Waals surface area contributed by atoms with Crippen LogP contribution in [0.3, 0.4) is 0 Å². The van der Waals surface area contributed by atoms with Crippen molar-refractivity contribution in [3.05, 3.63) is 29.6 Å². The molecule has 1 aliphatic rings. The number of rotatable bonds is 4. The molecule has 0 bridgehead atoms. The van der Waals surface area contributed by atoms with E-state index >= 15 is 0 Å². The van der Waals surface area contributed by atoms with Gasteiger partial charge in [0, 0.05) is 6.54 Å². The third-order valence-electron chi connectivity index (χ3n) is 3.76. The van der Waals surface area contributed by atoms with Gasteiger partial charge in [-0.05, 0) is 43.9 Å². The lowest BCUT2D eigenvalue weighted by Crippen LogP contribution is -2.32. The molecule has 1 aromatic carbocycles. The second-order valence-electron chi connectivity index (χ2n) is 5.37. The molecule has 0 atom stereocenters. The maximum Gasteiger partial charge on any atom is 0.240 e. The number of nitrogens with zero attached hydrogens (tertiary/aromatic N) is 2. The Labute approximate surface area is 117 Å². The summed E-state index contributed by atoms with van der Waals surface area (Å²) in [5.74, 6) is 0.772. The van der Waals surface area contributed by atoms with E-state index in [0.29, 0.717) is 19.4 Å². The number of aromatic amines is 1. The quantitative estimate of drug-likeness (QED) is 0.887. The average molecular weight is 268 g/mol. The molecule has 1 aromatic heterocycles. The molecule has 1 amide bonds. The molecule has 0 radical (unpaired) electrons. The summed E-state index contributed by atoms with van der Waals surface area (Å²) in [4.78, 5) is 19.4. The predicted octanol–water partition coefficient (Wildman–Crippen LogP) is 1.83. The van der Waals surface area contributed by atoms with E-state index in [0.717, 1.165) is 28.8 Å². The van der Waals surface area contributed by atoms with Gasteiger partial charge in [0.25, 0.3) is 0 Å². The van der Waals surface area contributed by atoms with E-state index in [2.05, 4.69) is 27.4 Å². The molecular formula is C15H16N4O. The molecule has 2 aromatic rings. The van der Waals surface area contributed by atoms with Crippen LogP contribution < -0.4 is 5.32 Å². The van der Waals surface area contributed by atoms with Gasteiger partial charge >= 0.3 is 0 Å². The van der Waals surface area contributed by atoms with Gasteiger partial charge in [-0.25, -0.2) is 4.98 Å². The molecule has 1 aliphatic carbocycles. The van der Waals surface area contributed by atoms with Crippen molar-refractivity contribution in [2.45, 2.75) is 26.2 Å². The Morgan fingerprint density at radius 3 is 3.05 bits per heavy atom. The van der Waals surface area contributed by atoms with Gasteiger partial charge in [-0.2, -0.15) is 5.26 Å². The number of benzene rings is 1. The highest BCUT2D eigenvalue weighted by Gasteiger charge is 2.50. The lowest BCUT2D eigenvalue weighted by molar-refractivity contribution is -0.124. The van der Waals surface area contributed by atoms with Crippen molar-refractivity contribution in [1.82, 2.24) is 15.3 Å². The van der Waals surface area contributed by atoms with Gasteiger partial charge in [-0.1, -0.05) is 6.07 Å². The topological polar surface area (TPSA) is 81.6 Å². The molecule has 3 rings (SSSR count). The van der Waals surface area contributed by atoms with Crippen molar-refractivity contribution in [1.29, 1.82) is 5.26 Å². The number of nitrogens with one attached hydrogen (secondary N) is 2. The number of aromatic nitrogens is 2. The zero-order valence-electron chi connectivity index (χ0n) is 11.4. The van der Waals surface area contributed by atoms with E-state index in [1.54, 1.807) is 0 Å². The zero-order valence-corrected chi connectivity index (χ0v) is 11.4. The molecule has 0 aliphatic heterocycles. The molecule has 0 unspecified atom stereocenters. The number of carbonyl (C=O) groups is 1. The Bertz CT molecular complexity index is 706. The third-order valence-corrected chi connectivity index (χ3v) is 3.76. The molecule has 2 N–H and O–H groups in total. The highest BCUT2D eigenvalue weighted by molar-refractivity contribution is 5.88. The maximum atomic E-state index is 11.8. The summed E-state index contributed by atoms with van der Waals surface area (Å²) in [7, 11) is 0. The number of imidazole rings is 1. The molecule has 0 saturated heterocycles. The molecule has 1 saturated carbocycles. The number of amides is 1. The van der Waals surface area contributed by atoms with E-state index in [4.69, 9.17) is 5.26 Å². The fraction of sp³-hybridized carbons (Fsp3) is 0.400. The van der Waals surface area contributed by atoms with Crippen LogP contribution in [0.5, 0.6) is 0 Å². The Kier molecular flexibility index (Phi) is 2.94. The summed E-state index contributed by atoms with van der Waals surface area (Å²) >= 11 is 0. The molecule has 1 heterocycles. The predicted molar refractivity (Wildman–Crippen MR) is 74.8 cm³/mol. The lowest BCUT2D eigenvalue weighted by Gasteiger charge is -2.08. The summed E-state index contributed by atoms with van der Waals surface area (Å²) < 4.78 is 0. The number of fused-ring (bicyclic) bond motifs is 1. The number of H-pyrrole nitrogens is 1. The Morgan fingerprint density at radius 1 is 1.55 bits per heavy atom. The van der Waals surface area contributed by atoms with Gasteiger partial charge < -0.3 is 10.3 Å². The minimum Gasteiger partial charge on any atom is -0.354 e. The van der Waals surface area contributed by atoms with E-state index < -0.39 is 5.41 Å². The first-order chi connectivity index (χ1) is 9.63. The maximum absolute atomic E-state index is 11.8. The number of carbonyl (C=O) groups excluding carboxylic acids is 1. The Balaban J connectivity index is 1.60. The SMILES string of the molecule is Cc1nc2ccc(CCNC(=O)C3(C#N)CC3)cc2[nH]1. The first-order valence-electron chi connectivity index (χ1n) is 6.78. The summed E-state index contributed by atoms with van der Waals surface area (Å²) in [6.07, 6.45) is 2.13. The van der Waals surface area contributed by atoms with Crippen LogP contribution in [0.1, 0.15) is 24.2 Å². The lowest BCUT2D eigenvalue weighted by atomic mass is 10.1. The van der Waals surface area contributed by atoms with Crippen LogP contribution in [0, 0.1) is 23.7 Å². The number of nitriles is 1. The van der Waals surface area contributed by atoms with Crippen LogP contribution in [0.15, 0.2) is 18.2 Å². The van der Waals surface area contributed by atoms with Crippen molar-refractivity contribution >= 4 is 16.9 Å². The number of hydrogen-bond donors (Lipinski definition) is 2. The van der Waals surface area contributed by atoms with E-state index in [1.165, 1.54) is 0 Å². The summed E-state index contributed by atoms with van der Waals surface area (Å²) in [6.45, 7) is 2.48. The van der Waals surface area contributed by atoms with Gasteiger partial charge in [-0.3, -0.25) is 4.79 Å². The Hall–Kier alpha value is -2.35. The molecular weight excluding hydrogens is 252 g/mol. The summed E-state index contributed by atoms with van der Waals surface area (Å²) in [5.41, 5.74) is 2.38. The summed E-state index contributed by atoms with van der Waals surface area (Å²) in [6, 6.07) is 8.16. The van der Waals surface area contributed by atoms with Crippen molar-refractivity contribution < 1.29 is 4.79 Å². The van der Waals surface area contributed by atoms with Crippen molar-refractivity contribution in [2.24, 2.45) is 5.41 Å². The van der Waals surface area contributed by atoms with Gasteiger partial charge in [-0.15, -0.1) is 0 Å². The molecule has 1 fully saturated rings. The average Bonchev–Trinajstić information content (AvgIpc) is 3.15. The minimum atomic E-state index is -0.732. The van der Waals surface area contributed by atoms with E-state index in [1.807, 2.05) is 19.1 Å². The second kappa shape index (κ2) is 4.64. The van der Waals surface area contributed by atoms with E-state index in [-0.39, 0.29) is 5.91 Å². The van der Waals surface area contributed by atoms with Crippen molar-refractivity contribution in [3.8, 4) is 6.07 Å². The molecule has 102 valence electrons. The Morgan fingerprint density at radius 2 is 2.35 bits per heavy atom. The zero-order chi connectivity index (χ0) is 14.2. The second-order valence-corrected chi connectivity index (χ2v) is 5.37.